The van der Waals surface area contributed by atoms with E-state index in [0.29, 0.717) is 18.3 Å². The average molecular weight is 388 g/mol. The third-order valence-corrected chi connectivity index (χ3v) is 8.30. The van der Waals surface area contributed by atoms with E-state index < -0.39 is 5.60 Å². The Labute approximate surface area is 166 Å². The molecule has 6 atom stereocenters. The zero-order chi connectivity index (χ0) is 18.6. The first kappa shape index (κ1) is 18.0. The molecule has 5 fully saturated rings. The Bertz CT molecular complexity index is 718. The van der Waals surface area contributed by atoms with Crippen molar-refractivity contribution in [3.05, 3.63) is 35.9 Å². The predicted molar refractivity (Wildman–Crippen MR) is 106 cm³/mol. The topological polar surface area (TPSA) is 49.3 Å². The lowest BCUT2D eigenvalue weighted by Crippen LogP contribution is -2.64. The molecule has 3 nitrogen and oxygen atoms in total. The van der Waals surface area contributed by atoms with E-state index in [-0.39, 0.29) is 28.7 Å². The summed E-state index contributed by atoms with van der Waals surface area (Å²) in [6.07, 6.45) is 8.97. The van der Waals surface area contributed by atoms with E-state index in [1.165, 1.54) is 0 Å². The van der Waals surface area contributed by atoms with E-state index in [9.17, 15) is 9.90 Å². The van der Waals surface area contributed by atoms with Crippen LogP contribution in [0.3, 0.4) is 0 Å². The largest absolute Gasteiger partial charge is 0.389 e. The molecule has 0 spiro atoms. The molecular formula is C23H30ClNO2. The van der Waals surface area contributed by atoms with Gasteiger partial charge in [0.05, 0.1) is 11.6 Å². The van der Waals surface area contributed by atoms with Gasteiger partial charge in [-0.2, -0.15) is 0 Å². The van der Waals surface area contributed by atoms with E-state index in [1.807, 2.05) is 18.2 Å². The van der Waals surface area contributed by atoms with Crippen molar-refractivity contribution >= 4 is 17.5 Å². The number of hydrogen-bond donors (Lipinski definition) is 2. The Kier molecular flexibility index (Phi) is 4.32. The van der Waals surface area contributed by atoms with Gasteiger partial charge in [-0.05, 0) is 62.3 Å². The van der Waals surface area contributed by atoms with E-state index in [2.05, 4.69) is 17.4 Å². The van der Waals surface area contributed by atoms with Crippen molar-refractivity contribution in [3.63, 3.8) is 0 Å². The Balaban J connectivity index is 1.48. The molecule has 146 valence electrons. The molecule has 1 aromatic carbocycles. The van der Waals surface area contributed by atoms with Crippen LogP contribution in [0.2, 0.25) is 0 Å². The van der Waals surface area contributed by atoms with Gasteiger partial charge in [0.2, 0.25) is 5.91 Å². The fraction of sp³-hybridized carbons (Fsp3) is 0.696. The molecule has 0 radical (unpaired) electrons. The Morgan fingerprint density at radius 3 is 2.56 bits per heavy atom. The molecular weight excluding hydrogens is 358 g/mol. The summed E-state index contributed by atoms with van der Waals surface area (Å²) in [6, 6.07) is 10.2. The lowest BCUT2D eigenvalue weighted by atomic mass is 9.47. The molecule has 4 heteroatoms. The van der Waals surface area contributed by atoms with Crippen molar-refractivity contribution in [3.8, 4) is 0 Å². The highest BCUT2D eigenvalue weighted by molar-refractivity contribution is 6.24. The first-order valence-electron chi connectivity index (χ1n) is 10.7. The van der Waals surface area contributed by atoms with Crippen LogP contribution in [-0.2, 0) is 4.79 Å². The summed E-state index contributed by atoms with van der Waals surface area (Å²) >= 11 is 6.90. The number of aliphatic hydroxyl groups is 1. The van der Waals surface area contributed by atoms with Gasteiger partial charge in [0.15, 0.2) is 0 Å². The minimum absolute atomic E-state index is 0.0636. The summed E-state index contributed by atoms with van der Waals surface area (Å²) in [6.45, 7) is 0. The molecule has 0 aromatic heterocycles. The van der Waals surface area contributed by atoms with Crippen LogP contribution in [-0.4, -0.2) is 21.5 Å². The fourth-order valence-corrected chi connectivity index (χ4v) is 7.78. The van der Waals surface area contributed by atoms with E-state index in [1.54, 1.807) is 0 Å². The fourth-order valence-electron chi connectivity index (χ4n) is 7.13. The standard InChI is InChI=1S/C23H30ClNO2/c24-22-11-15-10-18(13-22)19(23(27,12-15)14-22)20(16-6-2-1-3-7-16)25-21(26)17-8-4-5-9-17/h1-3,6-7,15,17-20,27H,4-5,8-14H2,(H,25,26)/t15?,18?,19-,20+,22+,23+/m1/s1. The number of rotatable bonds is 4. The van der Waals surface area contributed by atoms with Crippen LogP contribution in [0.25, 0.3) is 0 Å². The highest BCUT2D eigenvalue weighted by atomic mass is 35.5. The molecule has 0 heterocycles. The third-order valence-electron chi connectivity index (χ3n) is 7.85. The van der Waals surface area contributed by atoms with E-state index >= 15 is 0 Å². The Morgan fingerprint density at radius 2 is 1.89 bits per heavy atom. The molecule has 5 aliphatic carbocycles. The number of hydrogen-bond acceptors (Lipinski definition) is 2. The highest BCUT2D eigenvalue weighted by Crippen LogP contribution is 2.64. The summed E-state index contributed by atoms with van der Waals surface area (Å²) in [5.74, 6) is 1.32. The van der Waals surface area contributed by atoms with Gasteiger partial charge in [-0.1, -0.05) is 43.2 Å². The molecule has 0 saturated heterocycles. The van der Waals surface area contributed by atoms with Crippen LogP contribution in [0.15, 0.2) is 30.3 Å². The minimum atomic E-state index is -0.755. The molecule has 0 aliphatic heterocycles. The van der Waals surface area contributed by atoms with E-state index in [4.69, 9.17) is 11.6 Å². The van der Waals surface area contributed by atoms with Crippen LogP contribution < -0.4 is 5.32 Å². The zero-order valence-corrected chi connectivity index (χ0v) is 16.6. The van der Waals surface area contributed by atoms with Gasteiger partial charge in [0.25, 0.3) is 0 Å². The summed E-state index contributed by atoms with van der Waals surface area (Å²) in [5.41, 5.74) is 0.369. The van der Waals surface area contributed by atoms with Crippen LogP contribution in [0.5, 0.6) is 0 Å². The molecule has 2 N–H and O–H groups in total. The van der Waals surface area contributed by atoms with Crippen LogP contribution >= 0.6 is 11.6 Å². The van der Waals surface area contributed by atoms with Gasteiger partial charge in [-0.15, -0.1) is 11.6 Å². The first-order valence-corrected chi connectivity index (χ1v) is 11.1. The van der Waals surface area contributed by atoms with Gasteiger partial charge >= 0.3 is 0 Å². The molecule has 1 amide bonds. The molecule has 2 unspecified atom stereocenters. The first-order chi connectivity index (χ1) is 13.0. The van der Waals surface area contributed by atoms with Crippen LogP contribution in [0.1, 0.15) is 69.4 Å². The normalized spacial score (nSPS) is 41.6. The van der Waals surface area contributed by atoms with Crippen molar-refractivity contribution in [2.24, 2.45) is 23.7 Å². The van der Waals surface area contributed by atoms with Gasteiger partial charge in [0.1, 0.15) is 0 Å². The number of amides is 1. The molecule has 6 rings (SSSR count). The van der Waals surface area contributed by atoms with Crippen molar-refractivity contribution in [2.75, 3.05) is 0 Å². The number of benzene rings is 1. The van der Waals surface area contributed by atoms with Crippen LogP contribution in [0.4, 0.5) is 0 Å². The third kappa shape index (κ3) is 3.11. The van der Waals surface area contributed by atoms with Gasteiger partial charge in [0, 0.05) is 16.7 Å². The second-order valence-electron chi connectivity index (χ2n) is 9.81. The summed E-state index contributed by atoms with van der Waals surface area (Å²) in [5, 5.41) is 15.1. The van der Waals surface area contributed by atoms with Crippen molar-refractivity contribution in [1.82, 2.24) is 5.32 Å². The number of halogens is 1. The zero-order valence-electron chi connectivity index (χ0n) is 15.9. The summed E-state index contributed by atoms with van der Waals surface area (Å²) in [7, 11) is 0. The monoisotopic (exact) mass is 387 g/mol. The summed E-state index contributed by atoms with van der Waals surface area (Å²) in [4.78, 5) is 12.8. The quantitative estimate of drug-likeness (QED) is 0.742. The number of carbonyl (C=O) groups excluding carboxylic acids is 1. The van der Waals surface area contributed by atoms with Gasteiger partial charge in [-0.25, -0.2) is 0 Å². The maximum Gasteiger partial charge on any atom is 0.223 e. The molecule has 27 heavy (non-hydrogen) atoms. The van der Waals surface area contributed by atoms with Crippen molar-refractivity contribution in [2.45, 2.75) is 74.3 Å². The van der Waals surface area contributed by atoms with Gasteiger partial charge < -0.3 is 10.4 Å². The van der Waals surface area contributed by atoms with Crippen LogP contribution in [0, 0.1) is 23.7 Å². The summed E-state index contributed by atoms with van der Waals surface area (Å²) < 4.78 is 0. The molecule has 5 saturated carbocycles. The Hall–Kier alpha value is -1.06. The lowest BCUT2D eigenvalue weighted by molar-refractivity contribution is -0.175. The number of carbonyl (C=O) groups is 1. The molecule has 4 bridgehead atoms. The second-order valence-corrected chi connectivity index (χ2v) is 10.6. The maximum absolute atomic E-state index is 13.0. The highest BCUT2D eigenvalue weighted by Gasteiger charge is 2.63. The lowest BCUT2D eigenvalue weighted by Gasteiger charge is -2.63. The number of nitrogens with one attached hydrogen (secondary N) is 1. The SMILES string of the molecule is O=C(N[C@@H](c1ccccc1)[C@H]1C2CC3C[C@](Cl)(C2)C[C@@]1(O)C3)C1CCCC1. The Morgan fingerprint density at radius 1 is 1.15 bits per heavy atom. The van der Waals surface area contributed by atoms with Crippen molar-refractivity contribution < 1.29 is 9.90 Å². The molecule has 5 aliphatic rings. The average Bonchev–Trinajstić information content (AvgIpc) is 3.13. The predicted octanol–water partition coefficient (Wildman–Crippen LogP) is 4.58. The van der Waals surface area contributed by atoms with Crippen molar-refractivity contribution in [1.29, 1.82) is 0 Å². The minimum Gasteiger partial charge on any atom is -0.389 e. The smallest absolute Gasteiger partial charge is 0.223 e. The second kappa shape index (κ2) is 6.49. The molecule has 1 aromatic rings. The number of alkyl halides is 1. The van der Waals surface area contributed by atoms with Gasteiger partial charge in [-0.3, -0.25) is 4.79 Å². The van der Waals surface area contributed by atoms with E-state index in [0.717, 1.165) is 56.9 Å². The maximum atomic E-state index is 13.0.